The lowest BCUT2D eigenvalue weighted by Gasteiger charge is -2.25. The van der Waals surface area contributed by atoms with Crippen molar-refractivity contribution in [2.45, 2.75) is 57.5 Å². The molecule has 2 atom stereocenters. The average molecular weight is 458 g/mol. The summed E-state index contributed by atoms with van der Waals surface area (Å²) in [7, 11) is 1.63. The summed E-state index contributed by atoms with van der Waals surface area (Å²) in [5.74, 6) is 0.767. The molecule has 1 fully saturated rings. The van der Waals surface area contributed by atoms with Crippen LogP contribution in [0.25, 0.3) is 0 Å². The van der Waals surface area contributed by atoms with Gasteiger partial charge in [-0.3, -0.25) is 4.79 Å². The Morgan fingerprint density at radius 2 is 2.09 bits per heavy atom. The maximum atomic E-state index is 12.7. The van der Waals surface area contributed by atoms with Crippen molar-refractivity contribution in [3.8, 4) is 5.75 Å². The Balaban J connectivity index is 1.35. The van der Waals surface area contributed by atoms with E-state index in [4.69, 9.17) is 15.2 Å². The molecule has 1 aliphatic carbocycles. The van der Waals surface area contributed by atoms with E-state index in [1.54, 1.807) is 12.0 Å². The Labute approximate surface area is 192 Å². The number of hydrogen-bond acceptors (Lipinski definition) is 6. The predicted octanol–water partition coefficient (Wildman–Crippen LogP) is 4.56. The number of carbonyl (C=O) groups excluding carboxylic acids is 2. The summed E-state index contributed by atoms with van der Waals surface area (Å²) in [5, 5.41) is 3.70. The van der Waals surface area contributed by atoms with Crippen molar-refractivity contribution in [1.29, 1.82) is 0 Å². The molecule has 2 amide bonds. The number of hydrogen-bond donors (Lipinski definition) is 2. The van der Waals surface area contributed by atoms with E-state index in [2.05, 4.69) is 5.32 Å². The van der Waals surface area contributed by atoms with Crippen LogP contribution < -0.4 is 15.8 Å². The van der Waals surface area contributed by atoms with Crippen molar-refractivity contribution in [1.82, 2.24) is 4.90 Å². The van der Waals surface area contributed by atoms with Crippen LogP contribution in [0, 0.1) is 0 Å². The molecular weight excluding hydrogens is 426 g/mol. The van der Waals surface area contributed by atoms with Crippen molar-refractivity contribution in [3.05, 3.63) is 40.3 Å². The van der Waals surface area contributed by atoms with Crippen LogP contribution in [-0.2, 0) is 22.4 Å². The molecule has 4 rings (SSSR count). The van der Waals surface area contributed by atoms with E-state index in [1.165, 1.54) is 11.3 Å². The van der Waals surface area contributed by atoms with Crippen LogP contribution in [0.3, 0.4) is 0 Å². The Hall–Kier alpha value is -2.74. The lowest BCUT2D eigenvalue weighted by atomic mass is 9.95. The number of nitrogens with zero attached hydrogens (tertiary/aromatic N) is 1. The smallest absolute Gasteiger partial charge is 0.410 e. The maximum Gasteiger partial charge on any atom is 0.410 e. The Morgan fingerprint density at radius 3 is 2.84 bits per heavy atom. The Bertz CT molecular complexity index is 984. The second-order valence-electron chi connectivity index (χ2n) is 8.62. The Morgan fingerprint density at radius 1 is 1.31 bits per heavy atom. The largest absolute Gasteiger partial charge is 0.497 e. The fourth-order valence-electron chi connectivity index (χ4n) is 4.41. The number of anilines is 2. The lowest BCUT2D eigenvalue weighted by Crippen LogP contribution is -2.34. The zero-order valence-electron chi connectivity index (χ0n) is 18.7. The molecule has 1 aromatic heterocycles. The molecule has 2 aliphatic rings. The first-order chi connectivity index (χ1) is 15.4. The van der Waals surface area contributed by atoms with E-state index in [9.17, 15) is 9.59 Å². The average Bonchev–Trinajstić information content (AvgIpc) is 3.42. The van der Waals surface area contributed by atoms with Crippen molar-refractivity contribution in [2.24, 2.45) is 0 Å². The van der Waals surface area contributed by atoms with Gasteiger partial charge in [-0.1, -0.05) is 19.1 Å². The van der Waals surface area contributed by atoms with Gasteiger partial charge in [0.1, 0.15) is 16.9 Å². The van der Waals surface area contributed by atoms with Crippen LogP contribution in [0.15, 0.2) is 24.3 Å². The number of likely N-dealkylation sites (tertiary alicyclic amines) is 1. The van der Waals surface area contributed by atoms with Gasteiger partial charge >= 0.3 is 6.09 Å². The SMILES string of the molecule is COc1cccc(C(C)CC(=O)Nc2sc3c(c2N)CCC(OC(=O)N2CCCC2)C3)c1. The van der Waals surface area contributed by atoms with Gasteiger partial charge in [0.25, 0.3) is 0 Å². The summed E-state index contributed by atoms with van der Waals surface area (Å²) in [6.07, 6.45) is 4.27. The van der Waals surface area contributed by atoms with Crippen LogP contribution in [0.1, 0.15) is 54.5 Å². The molecule has 2 aromatic rings. The number of nitrogen functional groups attached to an aromatic ring is 1. The topological polar surface area (TPSA) is 93.9 Å². The highest BCUT2D eigenvalue weighted by Gasteiger charge is 2.29. The van der Waals surface area contributed by atoms with Crippen LogP contribution in [0.2, 0.25) is 0 Å². The highest BCUT2D eigenvalue weighted by molar-refractivity contribution is 7.17. The van der Waals surface area contributed by atoms with E-state index < -0.39 is 0 Å². The normalized spacial score (nSPS) is 18.7. The fraction of sp³-hybridized carbons (Fsp3) is 0.500. The first-order valence-electron chi connectivity index (χ1n) is 11.2. The molecule has 0 saturated carbocycles. The monoisotopic (exact) mass is 457 g/mol. The standard InChI is InChI=1S/C24H31N3O4S/c1-15(16-6-5-7-17(13-16)30-2)12-21(28)26-23-22(25)19-9-8-18(14-20(19)32-23)31-24(29)27-10-3-4-11-27/h5-7,13,15,18H,3-4,8-12,14,25H2,1-2H3,(H,26,28). The van der Waals surface area contributed by atoms with Gasteiger partial charge in [0.2, 0.25) is 5.91 Å². The highest BCUT2D eigenvalue weighted by atomic mass is 32.1. The number of methoxy groups -OCH3 is 1. The maximum absolute atomic E-state index is 12.7. The van der Waals surface area contributed by atoms with Crippen molar-refractivity contribution < 1.29 is 19.1 Å². The summed E-state index contributed by atoms with van der Waals surface area (Å²) in [6.45, 7) is 3.59. The lowest BCUT2D eigenvalue weighted by molar-refractivity contribution is -0.116. The molecule has 1 saturated heterocycles. The van der Waals surface area contributed by atoms with Gasteiger partial charge < -0.3 is 25.4 Å². The number of rotatable bonds is 6. The van der Waals surface area contributed by atoms with E-state index in [-0.39, 0.29) is 24.0 Å². The summed E-state index contributed by atoms with van der Waals surface area (Å²) >= 11 is 1.50. The summed E-state index contributed by atoms with van der Waals surface area (Å²) in [5.41, 5.74) is 9.15. The van der Waals surface area contributed by atoms with Crippen LogP contribution in [0.4, 0.5) is 15.5 Å². The zero-order valence-corrected chi connectivity index (χ0v) is 19.5. The molecule has 8 heteroatoms. The third-order valence-corrected chi connectivity index (χ3v) is 7.49. The van der Waals surface area contributed by atoms with Crippen molar-refractivity contribution in [2.75, 3.05) is 31.2 Å². The van der Waals surface area contributed by atoms with Gasteiger partial charge in [-0.05, 0) is 54.9 Å². The number of thiophene rings is 1. The number of carbonyl (C=O) groups is 2. The first kappa shape index (κ1) is 22.5. The molecule has 0 radical (unpaired) electrons. The predicted molar refractivity (Wildman–Crippen MR) is 126 cm³/mol. The second-order valence-corrected chi connectivity index (χ2v) is 9.72. The van der Waals surface area contributed by atoms with Gasteiger partial charge in [0.05, 0.1) is 12.8 Å². The molecule has 0 bridgehead atoms. The molecule has 2 heterocycles. The van der Waals surface area contributed by atoms with E-state index >= 15 is 0 Å². The minimum absolute atomic E-state index is 0.0512. The molecule has 1 aliphatic heterocycles. The number of benzene rings is 1. The minimum atomic E-state index is -0.208. The van der Waals surface area contributed by atoms with Gasteiger partial charge in [-0.2, -0.15) is 0 Å². The highest BCUT2D eigenvalue weighted by Crippen LogP contribution is 2.41. The first-order valence-corrected chi connectivity index (χ1v) is 12.1. The molecule has 7 nitrogen and oxygen atoms in total. The fourth-order valence-corrected chi connectivity index (χ4v) is 5.66. The quantitative estimate of drug-likeness (QED) is 0.663. The number of nitrogens with two attached hydrogens (primary N) is 1. The number of fused-ring (bicyclic) bond motifs is 1. The van der Waals surface area contributed by atoms with Crippen LogP contribution in [0.5, 0.6) is 5.75 Å². The third-order valence-electron chi connectivity index (χ3n) is 6.30. The van der Waals surface area contributed by atoms with Gasteiger partial charge in [-0.25, -0.2) is 4.79 Å². The summed E-state index contributed by atoms with van der Waals surface area (Å²) in [6, 6.07) is 7.78. The Kier molecular flexibility index (Phi) is 6.89. The van der Waals surface area contributed by atoms with Gasteiger partial charge in [-0.15, -0.1) is 11.3 Å². The number of amides is 2. The summed E-state index contributed by atoms with van der Waals surface area (Å²) in [4.78, 5) is 27.9. The number of nitrogens with one attached hydrogen (secondary N) is 1. The van der Waals surface area contributed by atoms with E-state index in [0.29, 0.717) is 23.5 Å². The van der Waals surface area contributed by atoms with Gasteiger partial charge in [0, 0.05) is 30.8 Å². The molecule has 1 aromatic carbocycles. The molecule has 2 unspecified atom stereocenters. The van der Waals surface area contributed by atoms with Crippen LogP contribution in [-0.4, -0.2) is 43.2 Å². The molecule has 172 valence electrons. The van der Waals surface area contributed by atoms with Crippen LogP contribution >= 0.6 is 11.3 Å². The van der Waals surface area contributed by atoms with Crippen molar-refractivity contribution in [3.63, 3.8) is 0 Å². The molecule has 0 spiro atoms. The zero-order chi connectivity index (χ0) is 22.7. The second kappa shape index (κ2) is 9.81. The molecular formula is C24H31N3O4S. The summed E-state index contributed by atoms with van der Waals surface area (Å²) < 4.78 is 11.0. The van der Waals surface area contributed by atoms with Crippen molar-refractivity contribution >= 4 is 34.0 Å². The number of ether oxygens (including phenoxy) is 2. The van der Waals surface area contributed by atoms with Gasteiger partial charge in [0.15, 0.2) is 0 Å². The van der Waals surface area contributed by atoms with E-state index in [0.717, 1.165) is 60.5 Å². The third kappa shape index (κ3) is 5.01. The minimum Gasteiger partial charge on any atom is -0.497 e. The van der Waals surface area contributed by atoms with E-state index in [1.807, 2.05) is 31.2 Å². The molecule has 32 heavy (non-hydrogen) atoms. The molecule has 3 N–H and O–H groups in total.